The first-order valence-corrected chi connectivity index (χ1v) is 6.08. The van der Waals surface area contributed by atoms with Crippen molar-refractivity contribution >= 4 is 5.91 Å². The molecule has 0 fully saturated rings. The zero-order valence-corrected chi connectivity index (χ0v) is 10.9. The topological polar surface area (TPSA) is 41.1 Å². The van der Waals surface area contributed by atoms with Crippen molar-refractivity contribution in [3.63, 3.8) is 0 Å². The zero-order chi connectivity index (χ0) is 12.7. The van der Waals surface area contributed by atoms with Gasteiger partial charge >= 0.3 is 0 Å². The van der Waals surface area contributed by atoms with Gasteiger partial charge in [0.05, 0.1) is 6.42 Å². The van der Waals surface area contributed by atoms with E-state index in [9.17, 15) is 4.79 Å². The Labute approximate surface area is 104 Å². The van der Waals surface area contributed by atoms with Gasteiger partial charge in [-0.25, -0.2) is 0 Å². The minimum atomic E-state index is 0.0959. The smallest absolute Gasteiger partial charge is 0.224 e. The molecule has 17 heavy (non-hydrogen) atoms. The molecule has 0 saturated carbocycles. The highest BCUT2D eigenvalue weighted by Crippen LogP contribution is 2.04. The number of carbonyl (C=O) groups is 1. The average Bonchev–Trinajstić information content (AvgIpc) is 2.27. The summed E-state index contributed by atoms with van der Waals surface area (Å²) in [4.78, 5) is 11.7. The van der Waals surface area contributed by atoms with Gasteiger partial charge in [-0.15, -0.1) is 0 Å². The second-order valence-corrected chi connectivity index (χ2v) is 4.63. The fourth-order valence-electron chi connectivity index (χ4n) is 1.78. The maximum absolute atomic E-state index is 11.7. The summed E-state index contributed by atoms with van der Waals surface area (Å²) in [5, 5.41) is 6.05. The number of rotatable bonds is 6. The minimum absolute atomic E-state index is 0.0959. The van der Waals surface area contributed by atoms with Gasteiger partial charge in [0.15, 0.2) is 0 Å². The summed E-state index contributed by atoms with van der Waals surface area (Å²) in [6.45, 7) is 5.80. The zero-order valence-electron chi connectivity index (χ0n) is 10.9. The number of hydrogen-bond acceptors (Lipinski definition) is 2. The van der Waals surface area contributed by atoms with Crippen molar-refractivity contribution in [3.05, 3.63) is 35.4 Å². The van der Waals surface area contributed by atoms with Gasteiger partial charge in [-0.2, -0.15) is 0 Å². The molecule has 3 nitrogen and oxygen atoms in total. The van der Waals surface area contributed by atoms with Crippen LogP contribution < -0.4 is 10.6 Å². The summed E-state index contributed by atoms with van der Waals surface area (Å²) in [5.41, 5.74) is 2.27. The predicted molar refractivity (Wildman–Crippen MR) is 71.0 cm³/mol. The normalized spacial score (nSPS) is 12.2. The first-order chi connectivity index (χ1) is 8.11. The SMILES string of the molecule is CNC[C@@H](C)CNC(=O)Cc1cccc(C)c1. The highest BCUT2D eigenvalue weighted by atomic mass is 16.1. The van der Waals surface area contributed by atoms with Crippen molar-refractivity contribution in [3.8, 4) is 0 Å². The van der Waals surface area contributed by atoms with E-state index >= 15 is 0 Å². The Morgan fingerprint density at radius 1 is 1.35 bits per heavy atom. The van der Waals surface area contributed by atoms with Crippen LogP contribution in [0.1, 0.15) is 18.1 Å². The van der Waals surface area contributed by atoms with E-state index in [4.69, 9.17) is 0 Å². The van der Waals surface area contributed by atoms with E-state index in [-0.39, 0.29) is 5.91 Å². The molecule has 0 aromatic heterocycles. The highest BCUT2D eigenvalue weighted by molar-refractivity contribution is 5.78. The molecule has 0 aliphatic carbocycles. The number of amides is 1. The van der Waals surface area contributed by atoms with E-state index in [1.807, 2.05) is 32.2 Å². The molecular weight excluding hydrogens is 212 g/mol. The molecule has 3 heteroatoms. The number of carbonyl (C=O) groups excluding carboxylic acids is 1. The molecule has 0 bridgehead atoms. The Morgan fingerprint density at radius 3 is 2.76 bits per heavy atom. The summed E-state index contributed by atoms with van der Waals surface area (Å²) in [7, 11) is 1.92. The average molecular weight is 234 g/mol. The van der Waals surface area contributed by atoms with Crippen LogP contribution in [0.15, 0.2) is 24.3 Å². The van der Waals surface area contributed by atoms with Crippen LogP contribution in [-0.4, -0.2) is 26.0 Å². The number of aryl methyl sites for hydroxylation is 1. The van der Waals surface area contributed by atoms with Crippen LogP contribution in [0.25, 0.3) is 0 Å². The largest absolute Gasteiger partial charge is 0.355 e. The predicted octanol–water partition coefficient (Wildman–Crippen LogP) is 1.51. The van der Waals surface area contributed by atoms with Gasteiger partial charge in [0.25, 0.3) is 0 Å². The molecular formula is C14H22N2O. The third-order valence-corrected chi connectivity index (χ3v) is 2.65. The minimum Gasteiger partial charge on any atom is -0.355 e. The van der Waals surface area contributed by atoms with Gasteiger partial charge in [-0.05, 0) is 32.0 Å². The lowest BCUT2D eigenvalue weighted by molar-refractivity contribution is -0.120. The van der Waals surface area contributed by atoms with E-state index in [2.05, 4.69) is 23.6 Å². The van der Waals surface area contributed by atoms with E-state index in [1.54, 1.807) is 0 Å². The molecule has 1 amide bonds. The van der Waals surface area contributed by atoms with Gasteiger partial charge in [0, 0.05) is 6.54 Å². The molecule has 2 N–H and O–H groups in total. The third-order valence-electron chi connectivity index (χ3n) is 2.65. The second kappa shape index (κ2) is 7.07. The number of benzene rings is 1. The molecule has 0 spiro atoms. The molecule has 0 unspecified atom stereocenters. The lowest BCUT2D eigenvalue weighted by Gasteiger charge is -2.12. The van der Waals surface area contributed by atoms with Crippen molar-refractivity contribution in [1.29, 1.82) is 0 Å². The quantitative estimate of drug-likeness (QED) is 0.783. The van der Waals surface area contributed by atoms with Gasteiger partial charge in [0.1, 0.15) is 0 Å². The van der Waals surface area contributed by atoms with Crippen LogP contribution in [-0.2, 0) is 11.2 Å². The summed E-state index contributed by atoms with van der Waals surface area (Å²) < 4.78 is 0. The standard InChI is InChI=1S/C14H22N2O/c1-11-5-4-6-13(7-11)8-14(17)16-10-12(2)9-15-3/h4-7,12,15H,8-10H2,1-3H3,(H,16,17)/t12-/m1/s1. The Morgan fingerprint density at radius 2 is 2.12 bits per heavy atom. The van der Waals surface area contributed by atoms with Crippen molar-refractivity contribution < 1.29 is 4.79 Å². The Bertz CT molecular complexity index is 363. The van der Waals surface area contributed by atoms with Crippen molar-refractivity contribution in [2.24, 2.45) is 5.92 Å². The van der Waals surface area contributed by atoms with Gasteiger partial charge in [-0.1, -0.05) is 36.8 Å². The van der Waals surface area contributed by atoms with E-state index < -0.39 is 0 Å². The summed E-state index contributed by atoms with van der Waals surface area (Å²) in [5.74, 6) is 0.556. The van der Waals surface area contributed by atoms with E-state index in [1.165, 1.54) is 5.56 Å². The monoisotopic (exact) mass is 234 g/mol. The van der Waals surface area contributed by atoms with Gasteiger partial charge < -0.3 is 10.6 Å². The van der Waals surface area contributed by atoms with Crippen molar-refractivity contribution in [2.45, 2.75) is 20.3 Å². The lowest BCUT2D eigenvalue weighted by atomic mass is 10.1. The molecule has 0 saturated heterocycles. The molecule has 1 rings (SSSR count). The maximum atomic E-state index is 11.7. The first kappa shape index (κ1) is 13.7. The molecule has 1 aromatic rings. The van der Waals surface area contributed by atoms with E-state index in [0.717, 1.165) is 18.7 Å². The Hall–Kier alpha value is -1.35. The second-order valence-electron chi connectivity index (χ2n) is 4.63. The summed E-state index contributed by atoms with van der Waals surface area (Å²) in [6, 6.07) is 8.07. The molecule has 1 aromatic carbocycles. The fraction of sp³-hybridized carbons (Fsp3) is 0.500. The fourth-order valence-corrected chi connectivity index (χ4v) is 1.78. The van der Waals surface area contributed by atoms with Crippen LogP contribution in [0.2, 0.25) is 0 Å². The van der Waals surface area contributed by atoms with Crippen molar-refractivity contribution in [1.82, 2.24) is 10.6 Å². The molecule has 1 atom stereocenters. The Balaban J connectivity index is 2.34. The lowest BCUT2D eigenvalue weighted by Crippen LogP contribution is -2.33. The number of hydrogen-bond donors (Lipinski definition) is 2. The third kappa shape index (κ3) is 5.50. The molecule has 0 radical (unpaired) electrons. The number of nitrogens with one attached hydrogen (secondary N) is 2. The molecule has 0 aliphatic rings. The summed E-state index contributed by atoms with van der Waals surface area (Å²) >= 11 is 0. The van der Waals surface area contributed by atoms with Crippen LogP contribution in [0.3, 0.4) is 0 Å². The maximum Gasteiger partial charge on any atom is 0.224 e. The first-order valence-electron chi connectivity index (χ1n) is 6.08. The van der Waals surface area contributed by atoms with Crippen LogP contribution in [0, 0.1) is 12.8 Å². The van der Waals surface area contributed by atoms with Crippen molar-refractivity contribution in [2.75, 3.05) is 20.1 Å². The molecule has 0 heterocycles. The van der Waals surface area contributed by atoms with Crippen LogP contribution >= 0.6 is 0 Å². The summed E-state index contributed by atoms with van der Waals surface area (Å²) in [6.07, 6.45) is 0.466. The molecule has 0 aliphatic heterocycles. The van der Waals surface area contributed by atoms with Gasteiger partial charge in [-0.3, -0.25) is 4.79 Å². The van der Waals surface area contributed by atoms with Crippen LogP contribution in [0.4, 0.5) is 0 Å². The Kier molecular flexibility index (Phi) is 5.70. The molecule has 94 valence electrons. The van der Waals surface area contributed by atoms with Crippen LogP contribution in [0.5, 0.6) is 0 Å². The van der Waals surface area contributed by atoms with E-state index in [0.29, 0.717) is 12.3 Å². The van der Waals surface area contributed by atoms with Gasteiger partial charge in [0.2, 0.25) is 5.91 Å². The highest BCUT2D eigenvalue weighted by Gasteiger charge is 2.05.